The molecule has 1 aromatic carbocycles. The van der Waals surface area contributed by atoms with E-state index in [1.54, 1.807) is 7.11 Å². The highest BCUT2D eigenvalue weighted by Gasteiger charge is 2.31. The third kappa shape index (κ3) is 4.72. The van der Waals surface area contributed by atoms with Gasteiger partial charge in [0.15, 0.2) is 0 Å². The van der Waals surface area contributed by atoms with Gasteiger partial charge in [-0.05, 0) is 30.5 Å². The summed E-state index contributed by atoms with van der Waals surface area (Å²) in [4.78, 5) is 5.24. The Morgan fingerprint density at radius 3 is 2.90 bits per heavy atom. The summed E-state index contributed by atoms with van der Waals surface area (Å²) in [6, 6.07) is 10.4. The summed E-state index contributed by atoms with van der Waals surface area (Å²) >= 11 is 0. The minimum absolute atomic E-state index is 0.0490. The average molecular weight is 290 g/mol. The first kappa shape index (κ1) is 15.8. The maximum atomic E-state index is 8.61. The molecule has 0 spiro atoms. The molecular formula is C15H22N4O2. The number of ether oxygens (including phenoxy) is 2. The highest BCUT2D eigenvalue weighted by molar-refractivity contribution is 5.15. The van der Waals surface area contributed by atoms with Crippen molar-refractivity contribution in [3.8, 4) is 0 Å². The van der Waals surface area contributed by atoms with Crippen LogP contribution in [0.3, 0.4) is 0 Å². The van der Waals surface area contributed by atoms with Gasteiger partial charge in [-0.2, -0.15) is 0 Å². The number of azide groups is 1. The fraction of sp³-hybridized carbons (Fsp3) is 0.600. The van der Waals surface area contributed by atoms with E-state index in [0.29, 0.717) is 6.54 Å². The molecule has 1 saturated heterocycles. The van der Waals surface area contributed by atoms with Crippen LogP contribution in [0.4, 0.5) is 0 Å². The van der Waals surface area contributed by atoms with Crippen molar-refractivity contribution in [1.82, 2.24) is 4.90 Å². The maximum absolute atomic E-state index is 8.61. The van der Waals surface area contributed by atoms with Crippen molar-refractivity contribution >= 4 is 0 Å². The maximum Gasteiger partial charge on any atom is 0.146 e. The molecule has 0 aromatic heterocycles. The number of piperidine rings is 1. The molecule has 6 heteroatoms. The molecular weight excluding hydrogens is 268 g/mol. The van der Waals surface area contributed by atoms with E-state index in [1.165, 1.54) is 5.56 Å². The average Bonchev–Trinajstić information content (AvgIpc) is 2.53. The molecule has 0 saturated carbocycles. The van der Waals surface area contributed by atoms with Crippen molar-refractivity contribution in [1.29, 1.82) is 0 Å². The van der Waals surface area contributed by atoms with Crippen LogP contribution >= 0.6 is 0 Å². The second-order valence-corrected chi connectivity index (χ2v) is 5.19. The first-order valence-corrected chi connectivity index (χ1v) is 7.24. The largest absolute Gasteiger partial charge is 0.359 e. The molecule has 2 rings (SSSR count). The van der Waals surface area contributed by atoms with Gasteiger partial charge < -0.3 is 9.47 Å². The second-order valence-electron chi connectivity index (χ2n) is 5.19. The fourth-order valence-corrected chi connectivity index (χ4v) is 2.81. The van der Waals surface area contributed by atoms with E-state index in [2.05, 4.69) is 27.1 Å². The predicted octanol–water partition coefficient (Wildman–Crippen LogP) is 2.95. The molecule has 1 aromatic rings. The lowest BCUT2D eigenvalue weighted by atomic mass is 9.98. The van der Waals surface area contributed by atoms with Gasteiger partial charge in [0, 0.05) is 31.2 Å². The van der Waals surface area contributed by atoms with Gasteiger partial charge in [-0.1, -0.05) is 35.4 Å². The summed E-state index contributed by atoms with van der Waals surface area (Å²) in [6.07, 6.45) is 2.10. The Labute approximate surface area is 125 Å². The van der Waals surface area contributed by atoms with Gasteiger partial charge in [-0.25, -0.2) is 0 Å². The van der Waals surface area contributed by atoms with Crippen molar-refractivity contribution in [3.05, 3.63) is 46.3 Å². The molecule has 1 aliphatic heterocycles. The summed E-state index contributed by atoms with van der Waals surface area (Å²) in [5.74, 6) is 0. The van der Waals surface area contributed by atoms with Crippen LogP contribution in [-0.2, 0) is 16.0 Å². The number of nitrogens with zero attached hydrogens (tertiary/aromatic N) is 4. The molecule has 1 heterocycles. The van der Waals surface area contributed by atoms with Gasteiger partial charge in [-0.15, -0.1) is 0 Å². The summed E-state index contributed by atoms with van der Waals surface area (Å²) in [7, 11) is 1.62. The van der Waals surface area contributed by atoms with Crippen molar-refractivity contribution in [2.45, 2.75) is 31.5 Å². The molecule has 1 aliphatic rings. The molecule has 0 bridgehead atoms. The van der Waals surface area contributed by atoms with Crippen molar-refractivity contribution < 1.29 is 9.47 Å². The van der Waals surface area contributed by atoms with Crippen molar-refractivity contribution in [2.75, 3.05) is 27.0 Å². The molecule has 1 fully saturated rings. The number of rotatable bonds is 7. The first-order valence-electron chi connectivity index (χ1n) is 7.24. The lowest BCUT2D eigenvalue weighted by molar-refractivity contribution is -0.114. The van der Waals surface area contributed by atoms with E-state index in [1.807, 2.05) is 18.2 Å². The minimum Gasteiger partial charge on any atom is -0.359 e. The highest BCUT2D eigenvalue weighted by Crippen LogP contribution is 2.23. The van der Waals surface area contributed by atoms with E-state index in [9.17, 15) is 0 Å². The second kappa shape index (κ2) is 8.64. The van der Waals surface area contributed by atoms with Crippen LogP contribution in [-0.4, -0.2) is 44.0 Å². The van der Waals surface area contributed by atoms with Gasteiger partial charge in [0.05, 0.1) is 6.10 Å². The summed E-state index contributed by atoms with van der Waals surface area (Å²) in [5, 5.41) is 3.76. The molecule has 21 heavy (non-hydrogen) atoms. The smallest absolute Gasteiger partial charge is 0.146 e. The molecule has 0 amide bonds. The number of hydrogen-bond acceptors (Lipinski definition) is 4. The van der Waals surface area contributed by atoms with Crippen LogP contribution in [0.25, 0.3) is 10.4 Å². The zero-order valence-corrected chi connectivity index (χ0v) is 12.4. The van der Waals surface area contributed by atoms with Gasteiger partial charge in [0.1, 0.15) is 6.79 Å². The number of likely N-dealkylation sites (tertiary alicyclic amines) is 1. The monoisotopic (exact) mass is 290 g/mol. The summed E-state index contributed by atoms with van der Waals surface area (Å²) in [6.45, 7) is 2.54. The van der Waals surface area contributed by atoms with E-state index < -0.39 is 0 Å². The van der Waals surface area contributed by atoms with Crippen molar-refractivity contribution in [3.63, 3.8) is 0 Å². The standard InChI is InChI=1S/C15H22N4O2/c1-20-12-21-15-8-5-9-19(14(15)10-17-18-16)11-13-6-3-2-4-7-13/h2-4,6-7,14-15H,5,8-12H2,1H3/t14-,15-/m0/s1. The Bertz CT molecular complexity index is 462. The van der Waals surface area contributed by atoms with Crippen LogP contribution in [0.2, 0.25) is 0 Å². The summed E-state index contributed by atoms with van der Waals surface area (Å²) in [5.41, 5.74) is 9.87. The topological polar surface area (TPSA) is 70.5 Å². The third-order valence-corrected chi connectivity index (χ3v) is 3.79. The van der Waals surface area contributed by atoms with Crippen LogP contribution in [0.5, 0.6) is 0 Å². The van der Waals surface area contributed by atoms with E-state index in [4.69, 9.17) is 15.0 Å². The Morgan fingerprint density at radius 1 is 1.38 bits per heavy atom. The number of methoxy groups -OCH3 is 1. The predicted molar refractivity (Wildman–Crippen MR) is 80.6 cm³/mol. The highest BCUT2D eigenvalue weighted by atomic mass is 16.7. The van der Waals surface area contributed by atoms with Gasteiger partial charge in [-0.3, -0.25) is 4.90 Å². The molecule has 0 unspecified atom stereocenters. The molecule has 0 N–H and O–H groups in total. The van der Waals surface area contributed by atoms with Gasteiger partial charge in [0.2, 0.25) is 0 Å². The fourth-order valence-electron chi connectivity index (χ4n) is 2.81. The zero-order valence-electron chi connectivity index (χ0n) is 12.4. The Morgan fingerprint density at radius 2 is 2.19 bits per heavy atom. The molecule has 114 valence electrons. The molecule has 2 atom stereocenters. The zero-order chi connectivity index (χ0) is 14.9. The SMILES string of the molecule is COCO[C@H]1CCCN(Cc2ccccc2)[C@H]1CN=[N+]=[N-]. The van der Waals surface area contributed by atoms with Crippen LogP contribution < -0.4 is 0 Å². The minimum atomic E-state index is 0.0490. The lowest BCUT2D eigenvalue weighted by Crippen LogP contribution is -2.50. The van der Waals surface area contributed by atoms with E-state index in [0.717, 1.165) is 25.9 Å². The van der Waals surface area contributed by atoms with Crippen LogP contribution in [0, 0.1) is 0 Å². The van der Waals surface area contributed by atoms with Gasteiger partial charge >= 0.3 is 0 Å². The normalized spacial score (nSPS) is 22.7. The first-order chi connectivity index (χ1) is 10.3. The Kier molecular flexibility index (Phi) is 6.50. The van der Waals surface area contributed by atoms with Crippen LogP contribution in [0.1, 0.15) is 18.4 Å². The number of hydrogen-bond donors (Lipinski definition) is 0. The van der Waals surface area contributed by atoms with Gasteiger partial charge in [0.25, 0.3) is 0 Å². The molecule has 0 radical (unpaired) electrons. The number of benzene rings is 1. The third-order valence-electron chi connectivity index (χ3n) is 3.79. The van der Waals surface area contributed by atoms with Crippen LogP contribution in [0.15, 0.2) is 35.4 Å². The lowest BCUT2D eigenvalue weighted by Gasteiger charge is -2.40. The van der Waals surface area contributed by atoms with Crippen molar-refractivity contribution in [2.24, 2.45) is 5.11 Å². The molecule has 6 nitrogen and oxygen atoms in total. The van der Waals surface area contributed by atoms with E-state index >= 15 is 0 Å². The summed E-state index contributed by atoms with van der Waals surface area (Å²) < 4.78 is 10.8. The molecule has 0 aliphatic carbocycles. The van der Waals surface area contributed by atoms with E-state index in [-0.39, 0.29) is 18.9 Å². The Balaban J connectivity index is 2.06. The Hall–Kier alpha value is -1.59. The quantitative estimate of drug-likeness (QED) is 0.335.